The zero-order chi connectivity index (χ0) is 22.2. The second kappa shape index (κ2) is 10.4. The van der Waals surface area contributed by atoms with E-state index in [-0.39, 0.29) is 11.5 Å². The third-order valence-electron chi connectivity index (χ3n) is 4.91. The van der Waals surface area contributed by atoms with Crippen LogP contribution in [-0.4, -0.2) is 28.5 Å². The quantitative estimate of drug-likeness (QED) is 0.544. The molecule has 0 atom stereocenters. The van der Waals surface area contributed by atoms with E-state index in [1.807, 2.05) is 54.6 Å². The van der Waals surface area contributed by atoms with E-state index >= 15 is 0 Å². The summed E-state index contributed by atoms with van der Waals surface area (Å²) in [6, 6.07) is 21.1. The molecule has 0 aliphatic carbocycles. The minimum Gasteiger partial charge on any atom is -0.480 e. The van der Waals surface area contributed by atoms with Crippen LogP contribution in [0.2, 0.25) is 0 Å². The van der Waals surface area contributed by atoms with Gasteiger partial charge in [0.2, 0.25) is 0 Å². The molecule has 3 aromatic rings. The Bertz CT molecular complexity index is 1040. The number of carbonyl (C=O) groups is 2. The number of aryl methyl sites for hydroxylation is 1. The molecule has 0 unspecified atom stereocenters. The highest BCUT2D eigenvalue weighted by atomic mass is 19.1. The molecule has 0 heterocycles. The Morgan fingerprint density at radius 2 is 1.48 bits per heavy atom. The minimum absolute atomic E-state index is 0.322. The second-order valence-corrected chi connectivity index (χ2v) is 7.12. The highest BCUT2D eigenvalue weighted by Gasteiger charge is 2.20. The van der Waals surface area contributed by atoms with Crippen LogP contribution in [0.5, 0.6) is 5.75 Å². The SMILES string of the molecule is CCc1ccc(CN(Cc2ccccc2)C(=O)COc2c(F)cccc2C(=O)O)cc1. The van der Waals surface area contributed by atoms with Crippen molar-refractivity contribution in [3.05, 3.63) is 101 Å². The first kappa shape index (κ1) is 22.0. The van der Waals surface area contributed by atoms with Gasteiger partial charge >= 0.3 is 5.97 Å². The number of rotatable bonds is 9. The van der Waals surface area contributed by atoms with Crippen LogP contribution < -0.4 is 4.74 Å². The summed E-state index contributed by atoms with van der Waals surface area (Å²) in [5, 5.41) is 9.25. The Hall–Kier alpha value is -3.67. The first-order valence-electron chi connectivity index (χ1n) is 10.0. The van der Waals surface area contributed by atoms with Crippen LogP contribution in [0.3, 0.4) is 0 Å². The first-order valence-corrected chi connectivity index (χ1v) is 10.0. The standard InChI is InChI=1S/C25H24FNO4/c1-2-18-11-13-20(14-12-18)16-27(15-19-7-4-3-5-8-19)23(28)17-31-24-21(25(29)30)9-6-10-22(24)26/h3-14H,2,15-17H2,1H3,(H,29,30). The van der Waals surface area contributed by atoms with Crippen molar-refractivity contribution in [2.24, 2.45) is 0 Å². The topological polar surface area (TPSA) is 66.8 Å². The lowest BCUT2D eigenvalue weighted by molar-refractivity contribution is -0.134. The van der Waals surface area contributed by atoms with Crippen molar-refractivity contribution in [3.8, 4) is 5.75 Å². The Kier molecular flexibility index (Phi) is 7.38. The van der Waals surface area contributed by atoms with E-state index in [2.05, 4.69) is 6.92 Å². The molecular formula is C25H24FNO4. The number of amides is 1. The van der Waals surface area contributed by atoms with Gasteiger partial charge in [0.05, 0.1) is 0 Å². The number of ether oxygens (including phenoxy) is 1. The molecule has 1 N–H and O–H groups in total. The summed E-state index contributed by atoms with van der Waals surface area (Å²) in [6.07, 6.45) is 0.926. The number of hydrogen-bond donors (Lipinski definition) is 1. The molecule has 3 rings (SSSR count). The monoisotopic (exact) mass is 421 g/mol. The fraction of sp³-hybridized carbons (Fsp3) is 0.200. The molecule has 3 aromatic carbocycles. The van der Waals surface area contributed by atoms with E-state index in [1.54, 1.807) is 4.90 Å². The number of aromatic carboxylic acids is 1. The van der Waals surface area contributed by atoms with Gasteiger partial charge in [-0.25, -0.2) is 9.18 Å². The van der Waals surface area contributed by atoms with E-state index < -0.39 is 24.1 Å². The van der Waals surface area contributed by atoms with E-state index in [0.717, 1.165) is 23.6 Å². The molecule has 0 aromatic heterocycles. The van der Waals surface area contributed by atoms with E-state index in [0.29, 0.717) is 13.1 Å². The number of carboxylic acid groups (broad SMARTS) is 1. The molecule has 0 saturated heterocycles. The lowest BCUT2D eigenvalue weighted by atomic mass is 10.1. The summed E-state index contributed by atoms with van der Waals surface area (Å²) >= 11 is 0. The maximum Gasteiger partial charge on any atom is 0.339 e. The third-order valence-corrected chi connectivity index (χ3v) is 4.91. The van der Waals surface area contributed by atoms with Gasteiger partial charge < -0.3 is 14.7 Å². The van der Waals surface area contributed by atoms with E-state index in [4.69, 9.17) is 4.74 Å². The molecule has 5 nitrogen and oxygen atoms in total. The predicted octanol–water partition coefficient (Wildman–Crippen LogP) is 4.69. The van der Waals surface area contributed by atoms with Gasteiger partial charge in [0, 0.05) is 13.1 Å². The van der Waals surface area contributed by atoms with Crippen LogP contribution in [0.4, 0.5) is 4.39 Å². The summed E-state index contributed by atoms with van der Waals surface area (Å²) < 4.78 is 19.5. The summed E-state index contributed by atoms with van der Waals surface area (Å²) in [5.41, 5.74) is 2.78. The minimum atomic E-state index is -1.32. The zero-order valence-corrected chi connectivity index (χ0v) is 17.3. The lowest BCUT2D eigenvalue weighted by Gasteiger charge is -2.23. The van der Waals surface area contributed by atoms with Crippen LogP contribution in [0.15, 0.2) is 72.8 Å². The Labute approximate surface area is 180 Å². The summed E-state index contributed by atoms with van der Waals surface area (Å²) in [5.74, 6) is -2.95. The molecule has 0 aliphatic heterocycles. The molecule has 160 valence electrons. The fourth-order valence-corrected chi connectivity index (χ4v) is 3.19. The van der Waals surface area contributed by atoms with Crippen LogP contribution in [0.25, 0.3) is 0 Å². The lowest BCUT2D eigenvalue weighted by Crippen LogP contribution is -2.34. The van der Waals surface area contributed by atoms with Gasteiger partial charge in [-0.05, 0) is 35.2 Å². The van der Waals surface area contributed by atoms with Gasteiger partial charge in [-0.3, -0.25) is 4.79 Å². The van der Waals surface area contributed by atoms with Gasteiger partial charge in [-0.2, -0.15) is 0 Å². The Morgan fingerprint density at radius 1 is 0.871 bits per heavy atom. The van der Waals surface area contributed by atoms with Crippen molar-refractivity contribution in [1.82, 2.24) is 4.90 Å². The molecule has 0 spiro atoms. The predicted molar refractivity (Wildman–Crippen MR) is 115 cm³/mol. The van der Waals surface area contributed by atoms with Crippen molar-refractivity contribution < 1.29 is 23.8 Å². The average Bonchev–Trinajstić information content (AvgIpc) is 2.78. The molecule has 1 amide bonds. The van der Waals surface area contributed by atoms with Gasteiger partial charge in [0.1, 0.15) is 5.56 Å². The first-order chi connectivity index (χ1) is 15.0. The normalized spacial score (nSPS) is 10.5. The molecule has 6 heteroatoms. The molecule has 0 aliphatic rings. The molecule has 0 fully saturated rings. The van der Waals surface area contributed by atoms with Gasteiger partial charge in [0.25, 0.3) is 5.91 Å². The van der Waals surface area contributed by atoms with E-state index in [9.17, 15) is 19.1 Å². The average molecular weight is 421 g/mol. The van der Waals surface area contributed by atoms with Crippen LogP contribution >= 0.6 is 0 Å². The van der Waals surface area contributed by atoms with Crippen molar-refractivity contribution >= 4 is 11.9 Å². The summed E-state index contributed by atoms with van der Waals surface area (Å²) in [6.45, 7) is 2.30. The van der Waals surface area contributed by atoms with Crippen molar-refractivity contribution in [1.29, 1.82) is 0 Å². The molecule has 0 bridgehead atoms. The zero-order valence-electron chi connectivity index (χ0n) is 17.3. The largest absolute Gasteiger partial charge is 0.480 e. The smallest absolute Gasteiger partial charge is 0.339 e. The number of nitrogens with zero attached hydrogens (tertiary/aromatic N) is 1. The fourth-order valence-electron chi connectivity index (χ4n) is 3.19. The van der Waals surface area contributed by atoms with Crippen LogP contribution in [0, 0.1) is 5.82 Å². The highest BCUT2D eigenvalue weighted by Crippen LogP contribution is 2.23. The summed E-state index contributed by atoms with van der Waals surface area (Å²) in [4.78, 5) is 25.9. The number of carbonyl (C=O) groups excluding carboxylic acids is 1. The van der Waals surface area contributed by atoms with Crippen molar-refractivity contribution in [2.45, 2.75) is 26.4 Å². The molecular weight excluding hydrogens is 397 g/mol. The van der Waals surface area contributed by atoms with Crippen molar-refractivity contribution in [3.63, 3.8) is 0 Å². The molecule has 31 heavy (non-hydrogen) atoms. The van der Waals surface area contributed by atoms with E-state index in [1.165, 1.54) is 17.7 Å². The number of para-hydroxylation sites is 1. The molecule has 0 saturated carbocycles. The molecule has 0 radical (unpaired) electrons. The van der Waals surface area contributed by atoms with Gasteiger partial charge in [-0.1, -0.05) is 67.6 Å². The third kappa shape index (κ3) is 5.92. The Balaban J connectivity index is 1.78. The summed E-state index contributed by atoms with van der Waals surface area (Å²) in [7, 11) is 0. The number of hydrogen-bond acceptors (Lipinski definition) is 3. The number of halogens is 1. The Morgan fingerprint density at radius 3 is 2.10 bits per heavy atom. The maximum absolute atomic E-state index is 14.1. The number of carboxylic acids is 1. The maximum atomic E-state index is 14.1. The van der Waals surface area contributed by atoms with Gasteiger partial charge in [0.15, 0.2) is 18.2 Å². The van der Waals surface area contributed by atoms with Crippen LogP contribution in [0.1, 0.15) is 34.0 Å². The van der Waals surface area contributed by atoms with Gasteiger partial charge in [-0.15, -0.1) is 0 Å². The number of benzene rings is 3. The van der Waals surface area contributed by atoms with Crippen molar-refractivity contribution in [2.75, 3.05) is 6.61 Å². The van der Waals surface area contributed by atoms with Crippen LogP contribution in [-0.2, 0) is 24.3 Å². The second-order valence-electron chi connectivity index (χ2n) is 7.12. The highest BCUT2D eigenvalue weighted by molar-refractivity contribution is 5.91.